The van der Waals surface area contributed by atoms with Gasteiger partial charge in [-0.15, -0.1) is 0 Å². The van der Waals surface area contributed by atoms with Crippen molar-refractivity contribution in [1.82, 2.24) is 4.90 Å². The van der Waals surface area contributed by atoms with Gasteiger partial charge in [-0.2, -0.15) is 0 Å². The summed E-state index contributed by atoms with van der Waals surface area (Å²) in [6, 6.07) is 13.8. The number of nitrogens with one attached hydrogen (secondary N) is 1. The Bertz CT molecular complexity index is 1020. The first-order valence-corrected chi connectivity index (χ1v) is 11.1. The highest BCUT2D eigenvalue weighted by Gasteiger charge is 2.46. The minimum atomic E-state index is -0.898. The van der Waals surface area contributed by atoms with Crippen LogP contribution in [0.5, 0.6) is 0 Å². The Hall–Kier alpha value is -3.68. The van der Waals surface area contributed by atoms with Crippen LogP contribution in [0.4, 0.5) is 16.2 Å². The number of amides is 4. The summed E-state index contributed by atoms with van der Waals surface area (Å²) in [7, 11) is 0. The van der Waals surface area contributed by atoms with Crippen LogP contribution in [0.25, 0.3) is 0 Å². The maximum Gasteiger partial charge on any atom is 0.338 e. The Kier molecular flexibility index (Phi) is 7.82. The number of imide groups is 1. The number of esters is 1. The summed E-state index contributed by atoms with van der Waals surface area (Å²) in [6.45, 7) is 6.41. The lowest BCUT2D eigenvalue weighted by atomic mass is 10.1. The third-order valence-electron chi connectivity index (χ3n) is 5.32. The molecule has 1 N–H and O–H groups in total. The number of para-hydroxylation sites is 1. The second kappa shape index (κ2) is 10.8. The van der Waals surface area contributed by atoms with Gasteiger partial charge in [0.05, 0.1) is 24.3 Å². The number of hydrogen-bond donors (Lipinski definition) is 1. The first-order valence-electron chi connectivity index (χ1n) is 11.1. The summed E-state index contributed by atoms with van der Waals surface area (Å²) in [4.78, 5) is 53.7. The summed E-state index contributed by atoms with van der Waals surface area (Å²) in [5.74, 6) is -1.00. The summed E-state index contributed by atoms with van der Waals surface area (Å²) in [5.41, 5.74) is 1.21. The predicted molar refractivity (Wildman–Crippen MR) is 125 cm³/mol. The Morgan fingerprint density at radius 3 is 2.45 bits per heavy atom. The molecule has 0 bridgehead atoms. The van der Waals surface area contributed by atoms with Crippen molar-refractivity contribution in [3.63, 3.8) is 0 Å². The second-order valence-corrected chi connectivity index (χ2v) is 8.24. The summed E-state index contributed by atoms with van der Waals surface area (Å²) in [5, 5.41) is 2.73. The molecular weight excluding hydrogens is 422 g/mol. The van der Waals surface area contributed by atoms with Crippen molar-refractivity contribution < 1.29 is 23.9 Å². The molecule has 0 unspecified atom stereocenters. The molecule has 1 atom stereocenters. The van der Waals surface area contributed by atoms with Crippen molar-refractivity contribution in [1.29, 1.82) is 0 Å². The lowest BCUT2D eigenvalue weighted by molar-refractivity contribution is -0.124. The number of hydrogen-bond acceptors (Lipinski definition) is 5. The summed E-state index contributed by atoms with van der Waals surface area (Å²) in [6.07, 6.45) is 0.525. The molecule has 3 rings (SSSR count). The van der Waals surface area contributed by atoms with Crippen LogP contribution in [-0.4, -0.2) is 47.9 Å². The lowest BCUT2D eigenvalue weighted by Gasteiger charge is -2.22. The smallest absolute Gasteiger partial charge is 0.338 e. The highest BCUT2D eigenvalue weighted by Crippen LogP contribution is 2.27. The molecule has 0 aliphatic carbocycles. The zero-order valence-electron chi connectivity index (χ0n) is 19.1. The fourth-order valence-electron chi connectivity index (χ4n) is 3.63. The van der Waals surface area contributed by atoms with Gasteiger partial charge in [0.25, 0.3) is 5.91 Å². The summed E-state index contributed by atoms with van der Waals surface area (Å²) < 4.78 is 4.99. The van der Waals surface area contributed by atoms with E-state index in [1.807, 2.05) is 13.8 Å². The van der Waals surface area contributed by atoms with E-state index in [1.54, 1.807) is 55.5 Å². The molecule has 0 radical (unpaired) electrons. The fraction of sp³-hybridized carbons (Fsp3) is 0.360. The molecule has 0 aromatic heterocycles. The normalized spacial score (nSPS) is 15.8. The molecular formula is C25H29N3O5. The third-order valence-corrected chi connectivity index (χ3v) is 5.32. The van der Waals surface area contributed by atoms with Crippen molar-refractivity contribution in [2.45, 2.75) is 39.7 Å². The standard InChI is InChI=1S/C25H29N3O5/c1-4-33-24(31)18-9-8-10-19(15-18)26-22(29)16-21-23(30)28(20-11-6-5-7-12-20)25(32)27(21)14-13-17(2)3/h5-12,15,17,21H,4,13-14,16H2,1-3H3,(H,26,29)/t21-/m1/s1. The van der Waals surface area contributed by atoms with Crippen LogP contribution >= 0.6 is 0 Å². The first-order chi connectivity index (χ1) is 15.8. The van der Waals surface area contributed by atoms with Gasteiger partial charge in [0.1, 0.15) is 6.04 Å². The van der Waals surface area contributed by atoms with Gasteiger partial charge in [-0.1, -0.05) is 38.1 Å². The van der Waals surface area contributed by atoms with Gasteiger partial charge < -0.3 is 15.0 Å². The highest BCUT2D eigenvalue weighted by atomic mass is 16.5. The Labute approximate surface area is 193 Å². The van der Waals surface area contributed by atoms with Crippen molar-refractivity contribution in [2.75, 3.05) is 23.4 Å². The second-order valence-electron chi connectivity index (χ2n) is 8.24. The number of carbonyl (C=O) groups excluding carboxylic acids is 4. The average molecular weight is 452 g/mol. The maximum absolute atomic E-state index is 13.2. The van der Waals surface area contributed by atoms with E-state index in [2.05, 4.69) is 5.32 Å². The molecule has 33 heavy (non-hydrogen) atoms. The van der Waals surface area contributed by atoms with Gasteiger partial charge >= 0.3 is 12.0 Å². The SMILES string of the molecule is CCOC(=O)c1cccc(NC(=O)C[C@@H]2C(=O)N(c3ccccc3)C(=O)N2CCC(C)C)c1. The molecule has 1 aliphatic heterocycles. The van der Waals surface area contributed by atoms with Crippen molar-refractivity contribution >= 4 is 35.2 Å². The molecule has 2 aromatic carbocycles. The molecule has 1 fully saturated rings. The summed E-state index contributed by atoms with van der Waals surface area (Å²) >= 11 is 0. The molecule has 0 saturated carbocycles. The van der Waals surface area contributed by atoms with Gasteiger partial charge in [0.15, 0.2) is 0 Å². The number of anilines is 2. The van der Waals surface area contributed by atoms with Gasteiger partial charge in [0.2, 0.25) is 5.91 Å². The van der Waals surface area contributed by atoms with E-state index < -0.39 is 29.9 Å². The van der Waals surface area contributed by atoms with E-state index >= 15 is 0 Å². The number of benzene rings is 2. The molecule has 2 aromatic rings. The average Bonchev–Trinajstić information content (AvgIpc) is 3.02. The third kappa shape index (κ3) is 5.77. The molecule has 174 valence electrons. The number of rotatable bonds is 9. The lowest BCUT2D eigenvalue weighted by Crippen LogP contribution is -2.39. The minimum Gasteiger partial charge on any atom is -0.462 e. The number of urea groups is 1. The van der Waals surface area contributed by atoms with Gasteiger partial charge in [-0.05, 0) is 49.6 Å². The van der Waals surface area contributed by atoms with Crippen LogP contribution in [0, 0.1) is 5.92 Å². The number of ether oxygens (including phenoxy) is 1. The topological polar surface area (TPSA) is 96.0 Å². The van der Waals surface area contributed by atoms with Crippen LogP contribution < -0.4 is 10.2 Å². The largest absolute Gasteiger partial charge is 0.462 e. The van der Waals surface area contributed by atoms with E-state index in [9.17, 15) is 19.2 Å². The monoisotopic (exact) mass is 451 g/mol. The Morgan fingerprint density at radius 1 is 1.06 bits per heavy atom. The van der Waals surface area contributed by atoms with E-state index in [0.29, 0.717) is 35.8 Å². The zero-order valence-corrected chi connectivity index (χ0v) is 19.1. The van der Waals surface area contributed by atoms with Crippen LogP contribution in [-0.2, 0) is 14.3 Å². The van der Waals surface area contributed by atoms with E-state index in [0.717, 1.165) is 4.90 Å². The molecule has 8 nitrogen and oxygen atoms in total. The van der Waals surface area contributed by atoms with E-state index in [4.69, 9.17) is 4.74 Å². The van der Waals surface area contributed by atoms with Gasteiger partial charge in [-0.25, -0.2) is 14.5 Å². The number of carbonyl (C=O) groups is 4. The number of nitrogens with zero attached hydrogens (tertiary/aromatic N) is 2. The van der Waals surface area contributed by atoms with Crippen LogP contribution in [0.1, 0.15) is 44.0 Å². The zero-order chi connectivity index (χ0) is 24.0. The van der Waals surface area contributed by atoms with Crippen molar-refractivity contribution in [3.05, 3.63) is 60.2 Å². The molecule has 8 heteroatoms. The van der Waals surface area contributed by atoms with Crippen LogP contribution in [0.3, 0.4) is 0 Å². The predicted octanol–water partition coefficient (Wildman–Crippen LogP) is 4.08. The van der Waals surface area contributed by atoms with Gasteiger partial charge in [-0.3, -0.25) is 9.59 Å². The molecule has 0 spiro atoms. The van der Waals surface area contributed by atoms with Crippen molar-refractivity contribution in [3.8, 4) is 0 Å². The molecule has 1 saturated heterocycles. The Balaban J connectivity index is 1.77. The highest BCUT2D eigenvalue weighted by molar-refractivity contribution is 6.22. The maximum atomic E-state index is 13.2. The minimum absolute atomic E-state index is 0.185. The molecule has 4 amide bonds. The van der Waals surface area contributed by atoms with Crippen LogP contribution in [0.2, 0.25) is 0 Å². The fourth-order valence-corrected chi connectivity index (χ4v) is 3.63. The van der Waals surface area contributed by atoms with Gasteiger partial charge in [0, 0.05) is 12.2 Å². The molecule has 1 heterocycles. The van der Waals surface area contributed by atoms with Crippen LogP contribution in [0.15, 0.2) is 54.6 Å². The molecule has 1 aliphatic rings. The van der Waals surface area contributed by atoms with E-state index in [-0.39, 0.29) is 13.0 Å². The van der Waals surface area contributed by atoms with Crippen molar-refractivity contribution in [2.24, 2.45) is 5.92 Å². The Morgan fingerprint density at radius 2 is 1.79 bits per heavy atom. The van der Waals surface area contributed by atoms with E-state index in [1.165, 1.54) is 11.0 Å². The first kappa shape index (κ1) is 24.0. The quantitative estimate of drug-likeness (QED) is 0.458.